The third-order valence-electron chi connectivity index (χ3n) is 6.00. The second-order valence-electron chi connectivity index (χ2n) is 10.00. The largest absolute Gasteiger partial charge is 0.609 e. The number of thioether (sulfide) groups is 1. The number of nitrogens with one attached hydrogen (secondary N) is 3. The number of ether oxygens (including phenoxy) is 1. The van der Waals surface area contributed by atoms with Crippen molar-refractivity contribution in [3.05, 3.63) is 93.6 Å². The van der Waals surface area contributed by atoms with Gasteiger partial charge in [0.25, 0.3) is 6.20 Å². The molecule has 3 heterocycles. The summed E-state index contributed by atoms with van der Waals surface area (Å²) in [7, 11) is 5.64. The third-order valence-corrected chi connectivity index (χ3v) is 8.14. The van der Waals surface area contributed by atoms with Gasteiger partial charge in [0.05, 0.1) is 33.9 Å². The molecule has 4 rings (SSSR count). The van der Waals surface area contributed by atoms with E-state index in [0.29, 0.717) is 34.3 Å². The molecule has 0 spiro atoms. The van der Waals surface area contributed by atoms with Crippen LogP contribution < -0.4 is 15.4 Å². The van der Waals surface area contributed by atoms with E-state index in [1.54, 1.807) is 31.8 Å². The van der Waals surface area contributed by atoms with Crippen LogP contribution in [-0.4, -0.2) is 75.6 Å². The van der Waals surface area contributed by atoms with Gasteiger partial charge in [-0.15, -0.1) is 0 Å². The summed E-state index contributed by atoms with van der Waals surface area (Å²) < 4.78 is 59.9. The highest BCUT2D eigenvalue weighted by atomic mass is 32.2. The first kappa shape index (κ1) is 36.5. The summed E-state index contributed by atoms with van der Waals surface area (Å²) in [4.78, 5) is 23.3. The first-order chi connectivity index (χ1) is 21.8. The predicted molar refractivity (Wildman–Crippen MR) is 171 cm³/mol. The number of fused-ring (bicyclic) bond motifs is 1. The van der Waals surface area contributed by atoms with Crippen molar-refractivity contribution in [1.82, 2.24) is 30.5 Å². The number of furan rings is 1. The minimum atomic E-state index is -4.42. The summed E-state index contributed by atoms with van der Waals surface area (Å²) in [6.45, 7) is 1.65. The number of benzene rings is 1. The lowest BCUT2D eigenvalue weighted by molar-refractivity contribution is -0.404. The molecule has 3 aromatic heterocycles. The van der Waals surface area contributed by atoms with Crippen molar-refractivity contribution in [3.63, 3.8) is 0 Å². The summed E-state index contributed by atoms with van der Waals surface area (Å²) in [5.74, 6) is 4.04. The molecule has 46 heavy (non-hydrogen) atoms. The number of aromatic nitrogens is 3. The monoisotopic (exact) mass is 683 g/mol. The molecule has 3 N–H and O–H groups in total. The zero-order valence-electron chi connectivity index (χ0n) is 25.7. The number of H-pyrrole nitrogens is 1. The molecule has 1 aromatic carbocycles. The normalized spacial score (nSPS) is 12.5. The molecule has 12 nitrogen and oxygen atoms in total. The van der Waals surface area contributed by atoms with Gasteiger partial charge in [0, 0.05) is 42.3 Å². The second-order valence-corrected chi connectivity index (χ2v) is 12.5. The van der Waals surface area contributed by atoms with Gasteiger partial charge >= 0.3 is 11.3 Å². The molecule has 0 radical (unpaired) electrons. The second kappa shape index (κ2) is 17.7. The minimum absolute atomic E-state index is 0.0227. The van der Waals surface area contributed by atoms with Crippen LogP contribution in [0.1, 0.15) is 22.8 Å². The Hall–Kier alpha value is -3.93. The Balaban J connectivity index is 0.000000255. The summed E-state index contributed by atoms with van der Waals surface area (Å²) in [6, 6.07) is 12.6. The van der Waals surface area contributed by atoms with E-state index < -0.39 is 28.9 Å². The molecule has 0 aliphatic rings. The zero-order valence-corrected chi connectivity index (χ0v) is 27.4. The van der Waals surface area contributed by atoms with E-state index in [-0.39, 0.29) is 11.5 Å². The van der Waals surface area contributed by atoms with Gasteiger partial charge in [0.2, 0.25) is 0 Å². The Bertz CT molecular complexity index is 1550. The van der Waals surface area contributed by atoms with Crippen LogP contribution in [0.5, 0.6) is 5.75 Å². The van der Waals surface area contributed by atoms with Gasteiger partial charge in [-0.2, -0.15) is 29.9 Å². The van der Waals surface area contributed by atoms with Gasteiger partial charge in [-0.3, -0.25) is 20.1 Å². The molecule has 1 unspecified atom stereocenters. The number of hydrogen-bond donors (Lipinski definition) is 3. The number of aromatic amines is 1. The molecule has 4 aromatic rings. The average molecular weight is 684 g/mol. The van der Waals surface area contributed by atoms with Crippen LogP contribution in [0.15, 0.2) is 70.3 Å². The third kappa shape index (κ3) is 12.5. The molecular weight excluding hydrogens is 647 g/mol. The van der Waals surface area contributed by atoms with Crippen LogP contribution in [0.4, 0.5) is 13.2 Å². The van der Waals surface area contributed by atoms with Gasteiger partial charge in [-0.25, -0.2) is 0 Å². The van der Waals surface area contributed by atoms with Crippen molar-refractivity contribution < 1.29 is 31.8 Å². The average Bonchev–Trinajstić information content (AvgIpc) is 3.63. The number of hydrogen-bond acceptors (Lipinski definition) is 11. The van der Waals surface area contributed by atoms with Gasteiger partial charge in [0.1, 0.15) is 17.3 Å². The van der Waals surface area contributed by atoms with Gasteiger partial charge in [-0.05, 0) is 51.4 Å². The standard InChI is InChI=1S/C16H14F3N3O2S.C13H22N4O3S/c1-10-13(20-7-6-14(10)24-9-16(17,18)19)8-25(23)15-21-11-4-2-3-5-12(11)22-15;1-14-13(9-17(18)19)15-6-7-21-10-12-5-4-11(20-12)8-16(2)3/h2-7H,8-9H2,1H3,(H,21,22);4-5,9,14-15H,6-8,10H2,1-3H3/b;13-9-. The Morgan fingerprint density at radius 2 is 1.96 bits per heavy atom. The van der Waals surface area contributed by atoms with Crippen molar-refractivity contribution in [1.29, 1.82) is 0 Å². The van der Waals surface area contributed by atoms with Crippen LogP contribution in [0.25, 0.3) is 11.0 Å². The minimum Gasteiger partial charge on any atom is -0.609 e. The van der Waals surface area contributed by atoms with Crippen LogP contribution in [-0.2, 0) is 29.2 Å². The van der Waals surface area contributed by atoms with Crippen molar-refractivity contribution >= 4 is 34.0 Å². The maximum Gasteiger partial charge on any atom is 0.422 e. The highest BCUT2D eigenvalue weighted by molar-refractivity contribution is 7.98. The lowest BCUT2D eigenvalue weighted by atomic mass is 10.2. The number of halogens is 3. The van der Waals surface area contributed by atoms with E-state index in [1.165, 1.54) is 12.3 Å². The van der Waals surface area contributed by atoms with E-state index >= 15 is 0 Å². The number of alkyl halides is 3. The molecule has 17 heteroatoms. The predicted octanol–water partition coefficient (Wildman–Crippen LogP) is 4.97. The first-order valence-electron chi connectivity index (χ1n) is 13.9. The molecule has 0 bridgehead atoms. The maximum atomic E-state index is 12.5. The molecule has 0 fully saturated rings. The van der Waals surface area contributed by atoms with E-state index in [4.69, 9.17) is 9.15 Å². The smallest absolute Gasteiger partial charge is 0.422 e. The maximum absolute atomic E-state index is 12.5. The van der Waals surface area contributed by atoms with Crippen molar-refractivity contribution in [2.75, 3.05) is 40.0 Å². The highest BCUT2D eigenvalue weighted by Gasteiger charge is 2.29. The fourth-order valence-electron chi connectivity index (χ4n) is 3.88. The Morgan fingerprint density at radius 1 is 1.22 bits per heavy atom. The van der Waals surface area contributed by atoms with Crippen LogP contribution >= 0.6 is 11.8 Å². The molecule has 0 amide bonds. The zero-order chi connectivity index (χ0) is 33.7. The molecule has 0 aliphatic carbocycles. The van der Waals surface area contributed by atoms with Crippen LogP contribution in [0.2, 0.25) is 0 Å². The number of pyridine rings is 1. The Labute approximate surface area is 271 Å². The number of nitrogens with zero attached hydrogens (tertiary/aromatic N) is 4. The van der Waals surface area contributed by atoms with Crippen molar-refractivity contribution in [3.8, 4) is 5.75 Å². The number of rotatable bonds is 15. The summed E-state index contributed by atoms with van der Waals surface area (Å²) in [5, 5.41) is 16.4. The molecule has 250 valence electrons. The van der Waals surface area contributed by atoms with Crippen LogP contribution in [0, 0.1) is 17.0 Å². The Morgan fingerprint density at radius 3 is 2.63 bits per heavy atom. The SMILES string of the molecule is CN/C(=C/[N+](=O)[O-])NCCSCc1ccc(CN(C)C)o1.Cc1c(OCC(F)(F)F)ccnc1C[S+]([O-])c1nc2ccccc2[nH]1. The van der Waals surface area contributed by atoms with Crippen LogP contribution in [0.3, 0.4) is 0 Å². The summed E-state index contributed by atoms with van der Waals surface area (Å²) >= 11 is 0.202. The lowest BCUT2D eigenvalue weighted by Crippen LogP contribution is -2.26. The summed E-state index contributed by atoms with van der Waals surface area (Å²) in [6.07, 6.45) is -2.17. The molecule has 0 saturated carbocycles. The van der Waals surface area contributed by atoms with E-state index in [0.717, 1.165) is 41.3 Å². The fourth-order valence-corrected chi connectivity index (χ4v) is 5.73. The van der Waals surface area contributed by atoms with E-state index in [2.05, 4.69) is 30.5 Å². The number of para-hydroxylation sites is 2. The Kier molecular flexibility index (Phi) is 14.0. The highest BCUT2D eigenvalue weighted by Crippen LogP contribution is 2.26. The van der Waals surface area contributed by atoms with Crippen molar-refractivity contribution in [2.24, 2.45) is 0 Å². The van der Waals surface area contributed by atoms with E-state index in [9.17, 15) is 27.8 Å². The fraction of sp³-hybridized carbons (Fsp3) is 0.379. The number of nitro groups is 1. The molecule has 0 aliphatic heterocycles. The molecular formula is C29H36F3N7O5S2. The molecule has 1 atom stereocenters. The van der Waals surface area contributed by atoms with Gasteiger partial charge in [0.15, 0.2) is 18.2 Å². The molecule has 0 saturated heterocycles. The number of imidazole rings is 1. The first-order valence-corrected chi connectivity index (χ1v) is 16.4. The topological polar surface area (TPSA) is 157 Å². The summed E-state index contributed by atoms with van der Waals surface area (Å²) in [5.41, 5.74) is 2.28. The lowest BCUT2D eigenvalue weighted by Gasteiger charge is -2.14. The van der Waals surface area contributed by atoms with Gasteiger partial charge < -0.3 is 29.2 Å². The van der Waals surface area contributed by atoms with Crippen molar-refractivity contribution in [2.45, 2.75) is 36.3 Å². The van der Waals surface area contributed by atoms with Gasteiger partial charge in [-0.1, -0.05) is 12.1 Å². The van der Waals surface area contributed by atoms with E-state index in [1.807, 2.05) is 44.4 Å². The quantitative estimate of drug-likeness (QED) is 0.0672.